The predicted octanol–water partition coefficient (Wildman–Crippen LogP) is 7.90. The molecular formula is C24H16I2. The molecule has 26 heavy (non-hydrogen) atoms. The number of hydrogen-bond acceptors (Lipinski definition) is 0. The van der Waals surface area contributed by atoms with Gasteiger partial charge in [0.25, 0.3) is 0 Å². The third-order valence-electron chi connectivity index (χ3n) is 4.43. The van der Waals surface area contributed by atoms with Crippen molar-refractivity contribution in [2.45, 2.75) is 0 Å². The summed E-state index contributed by atoms with van der Waals surface area (Å²) < 4.78 is 2.52. The van der Waals surface area contributed by atoms with Gasteiger partial charge in [0.05, 0.1) is 0 Å². The first-order valence-corrected chi connectivity index (χ1v) is 10.6. The number of halogens is 2. The van der Waals surface area contributed by atoms with Gasteiger partial charge in [0, 0.05) is 12.7 Å². The molecule has 4 rings (SSSR count). The van der Waals surface area contributed by atoms with E-state index in [0.717, 1.165) is 0 Å². The number of rotatable bonds is 3. The molecule has 0 unspecified atom stereocenters. The maximum absolute atomic E-state index is 2.46. The lowest BCUT2D eigenvalue weighted by Crippen LogP contribution is -1.93. The van der Waals surface area contributed by atoms with Crippen LogP contribution in [0.5, 0.6) is 0 Å². The molecule has 0 heterocycles. The van der Waals surface area contributed by atoms with Gasteiger partial charge in [-0.25, -0.2) is 0 Å². The molecule has 4 aromatic rings. The lowest BCUT2D eigenvalue weighted by molar-refractivity contribution is 1.53. The van der Waals surface area contributed by atoms with Crippen LogP contribution < -0.4 is 0 Å². The van der Waals surface area contributed by atoms with Crippen molar-refractivity contribution in [3.8, 4) is 33.4 Å². The van der Waals surface area contributed by atoms with Gasteiger partial charge < -0.3 is 0 Å². The maximum Gasteiger partial charge on any atom is 0.0215 e. The van der Waals surface area contributed by atoms with Crippen LogP contribution in [0, 0.1) is 7.14 Å². The van der Waals surface area contributed by atoms with E-state index in [9.17, 15) is 0 Å². The summed E-state index contributed by atoms with van der Waals surface area (Å²) in [6.07, 6.45) is 0. The Morgan fingerprint density at radius 2 is 0.962 bits per heavy atom. The molecule has 0 aliphatic rings. The third-order valence-corrected chi connectivity index (χ3v) is 6.05. The minimum atomic E-state index is 1.24. The molecule has 0 radical (unpaired) electrons. The Labute approximate surface area is 181 Å². The second-order valence-electron chi connectivity index (χ2n) is 6.08. The van der Waals surface area contributed by atoms with Gasteiger partial charge in [0.1, 0.15) is 0 Å². The van der Waals surface area contributed by atoms with Crippen LogP contribution in [-0.4, -0.2) is 0 Å². The van der Waals surface area contributed by atoms with Crippen LogP contribution in [0.15, 0.2) is 97.1 Å². The van der Waals surface area contributed by atoms with Crippen LogP contribution in [0.4, 0.5) is 0 Å². The molecule has 0 aromatic heterocycles. The summed E-state index contributed by atoms with van der Waals surface area (Å²) in [5.41, 5.74) is 7.62. The second kappa shape index (κ2) is 7.92. The van der Waals surface area contributed by atoms with E-state index in [1.807, 2.05) is 0 Å². The fourth-order valence-corrected chi connectivity index (χ4v) is 4.36. The molecule has 0 amide bonds. The molecule has 0 bridgehead atoms. The first-order chi connectivity index (χ1) is 12.7. The Kier molecular flexibility index (Phi) is 5.41. The molecule has 0 atom stereocenters. The van der Waals surface area contributed by atoms with E-state index >= 15 is 0 Å². The van der Waals surface area contributed by atoms with Gasteiger partial charge in [-0.2, -0.15) is 0 Å². The molecule has 2 heteroatoms. The van der Waals surface area contributed by atoms with E-state index in [2.05, 4.69) is 142 Å². The Morgan fingerprint density at radius 1 is 0.423 bits per heavy atom. The van der Waals surface area contributed by atoms with Crippen LogP contribution in [-0.2, 0) is 0 Å². The molecule has 4 aromatic carbocycles. The largest absolute Gasteiger partial charge is 0.0622 e. The highest BCUT2D eigenvalue weighted by atomic mass is 127. The summed E-state index contributed by atoms with van der Waals surface area (Å²) in [6, 6.07) is 34.6. The molecule has 0 N–H and O–H groups in total. The molecule has 0 aliphatic carbocycles. The third kappa shape index (κ3) is 3.58. The lowest BCUT2D eigenvalue weighted by Gasteiger charge is -2.18. The first-order valence-electron chi connectivity index (χ1n) is 8.43. The Morgan fingerprint density at radius 3 is 1.58 bits per heavy atom. The highest BCUT2D eigenvalue weighted by Gasteiger charge is 2.16. The Hall–Kier alpha value is -1.66. The zero-order valence-corrected chi connectivity index (χ0v) is 18.3. The lowest BCUT2D eigenvalue weighted by atomic mass is 9.88. The van der Waals surface area contributed by atoms with Crippen molar-refractivity contribution in [3.63, 3.8) is 0 Å². The quantitative estimate of drug-likeness (QED) is 0.225. The maximum atomic E-state index is 2.46. The van der Waals surface area contributed by atoms with Crippen LogP contribution in [0.1, 0.15) is 0 Å². The van der Waals surface area contributed by atoms with E-state index < -0.39 is 0 Å². The summed E-state index contributed by atoms with van der Waals surface area (Å²) in [5.74, 6) is 0. The van der Waals surface area contributed by atoms with E-state index in [1.165, 1.54) is 40.5 Å². The van der Waals surface area contributed by atoms with Crippen molar-refractivity contribution in [2.24, 2.45) is 0 Å². The highest BCUT2D eigenvalue weighted by Crippen LogP contribution is 2.42. The van der Waals surface area contributed by atoms with Gasteiger partial charge in [-0.15, -0.1) is 0 Å². The van der Waals surface area contributed by atoms with E-state index in [-0.39, 0.29) is 0 Å². The van der Waals surface area contributed by atoms with Gasteiger partial charge in [0.15, 0.2) is 0 Å². The molecule has 0 saturated carbocycles. The molecule has 0 aliphatic heterocycles. The summed E-state index contributed by atoms with van der Waals surface area (Å²) in [6.45, 7) is 0. The van der Waals surface area contributed by atoms with E-state index in [4.69, 9.17) is 0 Å². The van der Waals surface area contributed by atoms with Gasteiger partial charge in [0.2, 0.25) is 0 Å². The van der Waals surface area contributed by atoms with E-state index in [0.29, 0.717) is 0 Å². The predicted molar refractivity (Wildman–Crippen MR) is 128 cm³/mol. The SMILES string of the molecule is Ic1ccc(-c2c(I)ccc(-c3ccccc3)c2-c2ccccc2)cc1. The summed E-state index contributed by atoms with van der Waals surface area (Å²) >= 11 is 4.82. The fraction of sp³-hybridized carbons (Fsp3) is 0. The standard InChI is InChI=1S/C24H16I2/c25-20-13-11-19(12-14-20)24-22(26)16-15-21(17-7-3-1-4-8-17)23(24)18-9-5-2-6-10-18/h1-16H. The van der Waals surface area contributed by atoms with Crippen LogP contribution >= 0.6 is 45.2 Å². The van der Waals surface area contributed by atoms with Crippen molar-refractivity contribution in [1.29, 1.82) is 0 Å². The smallest absolute Gasteiger partial charge is 0.0215 e. The van der Waals surface area contributed by atoms with Gasteiger partial charge in [-0.3, -0.25) is 0 Å². The topological polar surface area (TPSA) is 0 Å². The van der Waals surface area contributed by atoms with Crippen molar-refractivity contribution in [2.75, 3.05) is 0 Å². The molecule has 0 nitrogen and oxygen atoms in total. The molecule has 126 valence electrons. The first kappa shape index (κ1) is 17.7. The summed E-state index contributed by atoms with van der Waals surface area (Å²) in [5, 5.41) is 0. The van der Waals surface area contributed by atoms with Crippen LogP contribution in [0.3, 0.4) is 0 Å². The van der Waals surface area contributed by atoms with E-state index in [1.54, 1.807) is 0 Å². The Bertz CT molecular complexity index is 1020. The zero-order chi connectivity index (χ0) is 17.9. The number of hydrogen-bond donors (Lipinski definition) is 0. The van der Waals surface area contributed by atoms with Gasteiger partial charge in [-0.1, -0.05) is 78.9 Å². The average molecular weight is 558 g/mol. The Balaban J connectivity index is 2.06. The molecule has 0 fully saturated rings. The van der Waals surface area contributed by atoms with Crippen LogP contribution in [0.2, 0.25) is 0 Å². The van der Waals surface area contributed by atoms with Crippen molar-refractivity contribution >= 4 is 45.2 Å². The average Bonchev–Trinajstić information content (AvgIpc) is 2.70. The van der Waals surface area contributed by atoms with Crippen molar-refractivity contribution in [3.05, 3.63) is 104 Å². The van der Waals surface area contributed by atoms with Gasteiger partial charge >= 0.3 is 0 Å². The van der Waals surface area contributed by atoms with Gasteiger partial charge in [-0.05, 0) is 91.2 Å². The monoisotopic (exact) mass is 558 g/mol. The molecule has 0 saturated heterocycles. The zero-order valence-electron chi connectivity index (χ0n) is 14.0. The van der Waals surface area contributed by atoms with Crippen molar-refractivity contribution < 1.29 is 0 Å². The number of benzene rings is 4. The molecular weight excluding hydrogens is 542 g/mol. The summed E-state index contributed by atoms with van der Waals surface area (Å²) in [4.78, 5) is 0. The minimum Gasteiger partial charge on any atom is -0.0622 e. The minimum absolute atomic E-state index is 1.24. The molecule has 0 spiro atoms. The fourth-order valence-electron chi connectivity index (χ4n) is 3.24. The van der Waals surface area contributed by atoms with Crippen molar-refractivity contribution in [1.82, 2.24) is 0 Å². The normalized spacial score (nSPS) is 10.7. The van der Waals surface area contributed by atoms with Crippen LogP contribution in [0.25, 0.3) is 33.4 Å². The second-order valence-corrected chi connectivity index (χ2v) is 8.49. The summed E-state index contributed by atoms with van der Waals surface area (Å²) in [7, 11) is 0. The highest BCUT2D eigenvalue weighted by molar-refractivity contribution is 14.1.